The average molecular weight is 851 g/mol. The average Bonchev–Trinajstić information content (AvgIpc) is 3.14. The Morgan fingerprint density at radius 2 is 0.667 bits per heavy atom. The van der Waals surface area contributed by atoms with E-state index in [2.05, 4.69) is 0 Å². The molecule has 6 rings (SSSR count). The third-order valence-corrected chi connectivity index (χ3v) is 16.7. The summed E-state index contributed by atoms with van der Waals surface area (Å²) in [5.41, 5.74) is 4.79. The molecule has 6 aromatic carbocycles. The summed E-state index contributed by atoms with van der Waals surface area (Å²) in [6, 6.07) is 40.7. The number of aryl methyl sites for hydroxylation is 3. The third-order valence-electron chi connectivity index (χ3n) is 9.13. The van der Waals surface area contributed by atoms with Gasteiger partial charge in [0.1, 0.15) is 0 Å². The highest BCUT2D eigenvalue weighted by Crippen LogP contribution is 2.70. The highest BCUT2D eigenvalue weighted by atomic mass is 32.3. The van der Waals surface area contributed by atoms with Crippen molar-refractivity contribution in [1.29, 1.82) is 0 Å². The van der Waals surface area contributed by atoms with Gasteiger partial charge in [-0.3, -0.25) is 14.4 Å². The summed E-state index contributed by atoms with van der Waals surface area (Å²) in [6.45, 7) is 10.5. The first-order chi connectivity index (χ1) is 27.0. The summed E-state index contributed by atoms with van der Waals surface area (Å²) in [5, 5.41) is 0. The second-order valence-corrected chi connectivity index (χ2v) is 21.6. The lowest BCUT2D eigenvalue weighted by Crippen LogP contribution is -2.13. The molecular formula is C46H42O6S5. The summed E-state index contributed by atoms with van der Waals surface area (Å²) in [6.07, 6.45) is 1.08. The summed E-state index contributed by atoms with van der Waals surface area (Å²) < 4.78 is 33.0. The van der Waals surface area contributed by atoms with Crippen LogP contribution in [0.1, 0.15) is 68.5 Å². The van der Waals surface area contributed by atoms with E-state index < -0.39 is 20.4 Å². The molecule has 0 aliphatic heterocycles. The fraction of sp³-hybridized carbons (Fsp3) is 0.152. The van der Waals surface area contributed by atoms with E-state index in [4.69, 9.17) is 3.63 Å². The predicted octanol–water partition coefficient (Wildman–Crippen LogP) is 12.8. The number of carbonyl (C=O) groups is 3. The van der Waals surface area contributed by atoms with Crippen molar-refractivity contribution in [3.8, 4) is 0 Å². The quantitative estimate of drug-likeness (QED) is 0.0993. The number of carbonyl (C=O) groups excluding carboxylic acids is 3. The summed E-state index contributed by atoms with van der Waals surface area (Å²) in [5.74, 6) is 0.0658. The molecule has 0 saturated carbocycles. The molecule has 0 fully saturated rings. The van der Waals surface area contributed by atoms with Crippen LogP contribution in [0.5, 0.6) is 0 Å². The maximum atomic E-state index is 13.3. The highest BCUT2D eigenvalue weighted by molar-refractivity contribution is 8.33. The molecule has 0 spiro atoms. The lowest BCUT2D eigenvalue weighted by Gasteiger charge is -2.39. The lowest BCUT2D eigenvalue weighted by molar-refractivity contribution is 0.100. The normalized spacial score (nSPS) is 12.0. The van der Waals surface area contributed by atoms with Crippen LogP contribution in [0.2, 0.25) is 0 Å². The van der Waals surface area contributed by atoms with Gasteiger partial charge < -0.3 is 0 Å². The highest BCUT2D eigenvalue weighted by Gasteiger charge is 2.36. The van der Waals surface area contributed by atoms with Gasteiger partial charge in [0.2, 0.25) is 0 Å². The molecule has 0 bridgehead atoms. The van der Waals surface area contributed by atoms with Crippen molar-refractivity contribution >= 4 is 73.1 Å². The van der Waals surface area contributed by atoms with E-state index in [9.17, 15) is 22.8 Å². The first-order valence-corrected chi connectivity index (χ1v) is 23.8. The molecule has 0 aliphatic rings. The van der Waals surface area contributed by atoms with Crippen LogP contribution in [-0.4, -0.2) is 32.0 Å². The minimum absolute atomic E-state index is 0.0219. The topological polar surface area (TPSA) is 94.6 Å². The van der Waals surface area contributed by atoms with E-state index in [1.54, 1.807) is 56.1 Å². The first-order valence-electron chi connectivity index (χ1n) is 18.0. The van der Waals surface area contributed by atoms with Gasteiger partial charge in [-0.25, -0.2) is 3.63 Å². The maximum Gasteiger partial charge on any atom is 0.274 e. The van der Waals surface area contributed by atoms with E-state index in [-0.39, 0.29) is 17.3 Å². The van der Waals surface area contributed by atoms with Gasteiger partial charge in [0, 0.05) is 60.7 Å². The lowest BCUT2D eigenvalue weighted by atomic mass is 10.1. The Morgan fingerprint density at radius 3 is 0.877 bits per heavy atom. The standard InChI is InChI=1S/C46H42O6S5/c1-29-26-38(14-23-44(29)32(4)47)53-35-8-17-41(18-9-35)57(52-56(7,50)51,42-19-10-36(11-20-42)54-39-15-24-45(33(5)48)30(2)27-39)43-21-12-37(13-22-43)55-40-16-25-46(34(6)49)31(3)28-40/h8-28H,1-7H3. The van der Waals surface area contributed by atoms with Crippen molar-refractivity contribution < 1.29 is 26.4 Å². The number of benzene rings is 6. The zero-order chi connectivity index (χ0) is 41.1. The Balaban J connectivity index is 1.41. The fourth-order valence-corrected chi connectivity index (χ4v) is 14.1. The molecule has 0 amide bonds. The monoisotopic (exact) mass is 850 g/mol. The zero-order valence-electron chi connectivity index (χ0n) is 32.6. The fourth-order valence-electron chi connectivity index (χ4n) is 6.50. The maximum absolute atomic E-state index is 13.3. The molecule has 0 radical (unpaired) electrons. The van der Waals surface area contributed by atoms with Crippen LogP contribution in [0.15, 0.2) is 171 Å². The van der Waals surface area contributed by atoms with Gasteiger partial charge in [0.05, 0.1) is 6.26 Å². The molecule has 57 heavy (non-hydrogen) atoms. The van der Waals surface area contributed by atoms with Crippen molar-refractivity contribution in [1.82, 2.24) is 0 Å². The Bertz CT molecular complexity index is 2340. The minimum Gasteiger partial charge on any atom is -0.295 e. The number of ketones is 3. The van der Waals surface area contributed by atoms with E-state index in [1.807, 2.05) is 148 Å². The molecule has 0 N–H and O–H groups in total. The molecule has 0 unspecified atom stereocenters. The Kier molecular flexibility index (Phi) is 13.1. The number of rotatable bonds is 14. The third kappa shape index (κ3) is 10.0. The summed E-state index contributed by atoms with van der Waals surface area (Å²) in [7, 11) is -6.86. The van der Waals surface area contributed by atoms with Crippen LogP contribution in [0.25, 0.3) is 0 Å². The van der Waals surface area contributed by atoms with Crippen LogP contribution in [0.4, 0.5) is 0 Å². The van der Waals surface area contributed by atoms with Gasteiger partial charge in [-0.2, -0.15) is 8.42 Å². The molecule has 0 heterocycles. The Morgan fingerprint density at radius 1 is 0.421 bits per heavy atom. The zero-order valence-corrected chi connectivity index (χ0v) is 36.7. The van der Waals surface area contributed by atoms with E-state index in [1.165, 1.54) is 0 Å². The molecule has 292 valence electrons. The van der Waals surface area contributed by atoms with Gasteiger partial charge in [-0.1, -0.05) is 53.5 Å². The summed E-state index contributed by atoms with van der Waals surface area (Å²) in [4.78, 5) is 43.9. The van der Waals surface area contributed by atoms with Crippen molar-refractivity contribution in [2.45, 2.75) is 85.6 Å². The summed E-state index contributed by atoms with van der Waals surface area (Å²) >= 11 is 4.66. The first kappa shape index (κ1) is 42.3. The second-order valence-electron chi connectivity index (χ2n) is 13.6. The minimum atomic E-state index is -4.01. The van der Waals surface area contributed by atoms with Crippen LogP contribution in [-0.2, 0) is 13.7 Å². The van der Waals surface area contributed by atoms with Gasteiger partial charge in [-0.15, -0.1) is 0 Å². The van der Waals surface area contributed by atoms with Gasteiger partial charge in [0.15, 0.2) is 17.3 Å². The van der Waals surface area contributed by atoms with E-state index in [0.717, 1.165) is 52.3 Å². The van der Waals surface area contributed by atoms with E-state index in [0.29, 0.717) is 31.4 Å². The molecular weight excluding hydrogens is 809 g/mol. The van der Waals surface area contributed by atoms with Crippen LogP contribution in [0, 0.1) is 20.8 Å². The smallest absolute Gasteiger partial charge is 0.274 e. The molecule has 0 atom stereocenters. The van der Waals surface area contributed by atoms with E-state index >= 15 is 0 Å². The molecule has 0 aliphatic carbocycles. The molecule has 6 aromatic rings. The van der Waals surface area contributed by atoms with Gasteiger partial charge in [-0.05, 0) is 178 Å². The largest absolute Gasteiger partial charge is 0.295 e. The van der Waals surface area contributed by atoms with Crippen molar-refractivity contribution in [2.75, 3.05) is 6.26 Å². The Hall–Kier alpha value is -4.36. The Labute approximate surface area is 349 Å². The van der Waals surface area contributed by atoms with Crippen LogP contribution in [0.3, 0.4) is 0 Å². The van der Waals surface area contributed by atoms with Crippen LogP contribution >= 0.6 is 45.6 Å². The number of Topliss-reactive ketones (excluding diaryl/α,β-unsaturated/α-hetero) is 3. The molecule has 0 saturated heterocycles. The number of hydrogen-bond acceptors (Lipinski definition) is 9. The van der Waals surface area contributed by atoms with Crippen molar-refractivity contribution in [3.63, 3.8) is 0 Å². The number of hydrogen-bond donors (Lipinski definition) is 0. The van der Waals surface area contributed by atoms with Crippen LogP contribution < -0.4 is 0 Å². The molecule has 11 heteroatoms. The van der Waals surface area contributed by atoms with Gasteiger partial charge in [0.25, 0.3) is 10.1 Å². The molecule has 0 aromatic heterocycles. The SMILES string of the molecule is CC(=O)c1ccc(Sc2ccc(S(OS(C)(=O)=O)(c3ccc(Sc4ccc(C(C)=O)c(C)c4)cc3)c3ccc(Sc4ccc(C(C)=O)c(C)c4)cc3)cc2)cc1C. The molecule has 6 nitrogen and oxygen atoms in total. The van der Waals surface area contributed by atoms with Gasteiger partial charge >= 0.3 is 0 Å². The van der Waals surface area contributed by atoms with Crippen molar-refractivity contribution in [3.05, 3.63) is 161 Å². The predicted molar refractivity (Wildman–Crippen MR) is 234 cm³/mol. The second kappa shape index (κ2) is 17.6. The van der Waals surface area contributed by atoms with Crippen molar-refractivity contribution in [2.24, 2.45) is 0 Å².